The van der Waals surface area contributed by atoms with Crippen molar-refractivity contribution in [1.82, 2.24) is 0 Å². The summed E-state index contributed by atoms with van der Waals surface area (Å²) in [5, 5.41) is 137. The van der Waals surface area contributed by atoms with Crippen LogP contribution < -0.4 is 0 Å². The fourth-order valence-corrected chi connectivity index (χ4v) is 13.4. The highest BCUT2D eigenvalue weighted by molar-refractivity contribution is 5.77. The highest BCUT2D eigenvalue weighted by Gasteiger charge is 2.70. The van der Waals surface area contributed by atoms with Gasteiger partial charge in [0.25, 0.3) is 0 Å². The Hall–Kier alpha value is -1.59. The van der Waals surface area contributed by atoms with Gasteiger partial charge in [-0.15, -0.1) is 0 Å². The first-order valence-corrected chi connectivity index (χ1v) is 23.2. The van der Waals surface area contributed by atoms with Crippen molar-refractivity contribution in [3.63, 3.8) is 0 Å². The smallest absolute Gasteiger partial charge is 0.314 e. The Balaban J connectivity index is 1.06. The summed E-state index contributed by atoms with van der Waals surface area (Å²) < 4.78 is 48.4. The average molecular weight is 951 g/mol. The highest BCUT2D eigenvalue weighted by atomic mass is 16.8. The van der Waals surface area contributed by atoms with Gasteiger partial charge in [0.15, 0.2) is 18.9 Å². The fourth-order valence-electron chi connectivity index (χ4n) is 13.4. The molecule has 8 rings (SSSR count). The Morgan fingerprint density at radius 3 is 1.74 bits per heavy atom. The van der Waals surface area contributed by atoms with E-state index in [2.05, 4.69) is 13.5 Å². The van der Waals surface area contributed by atoms with E-state index in [1.54, 1.807) is 0 Å². The van der Waals surface area contributed by atoms with Crippen LogP contribution in [0.15, 0.2) is 12.2 Å². The molecule has 4 aliphatic heterocycles. The molecule has 0 aromatic carbocycles. The summed E-state index contributed by atoms with van der Waals surface area (Å²) in [7, 11) is 0. The largest absolute Gasteiger partial charge is 0.432 e. The van der Waals surface area contributed by atoms with Crippen LogP contribution in [0.3, 0.4) is 0 Å². The third kappa shape index (κ3) is 8.30. The van der Waals surface area contributed by atoms with Gasteiger partial charge in [0, 0.05) is 0 Å². The first-order valence-electron chi connectivity index (χ1n) is 23.2. The van der Waals surface area contributed by atoms with Gasteiger partial charge in [0.2, 0.25) is 6.29 Å². The van der Waals surface area contributed by atoms with E-state index in [1.807, 2.05) is 6.92 Å². The van der Waals surface area contributed by atoms with E-state index in [1.165, 1.54) is 6.92 Å². The summed E-state index contributed by atoms with van der Waals surface area (Å²) in [4.78, 5) is 14.3. The molecule has 4 aliphatic carbocycles. The van der Waals surface area contributed by atoms with Crippen molar-refractivity contribution in [2.45, 2.75) is 207 Å². The number of hydrogen-bond donors (Lipinski definition) is 13. The van der Waals surface area contributed by atoms with Gasteiger partial charge in [-0.05, 0) is 93.5 Å². The molecule has 0 aromatic heterocycles. The highest BCUT2D eigenvalue weighted by Crippen LogP contribution is 2.73. The summed E-state index contributed by atoms with van der Waals surface area (Å²) in [5.74, 6) is -0.750. The van der Waals surface area contributed by atoms with Crippen molar-refractivity contribution in [1.29, 1.82) is 0 Å². The monoisotopic (exact) mass is 950 g/mol. The molecule has 1 spiro atoms. The molecule has 8 fully saturated rings. The van der Waals surface area contributed by atoms with Gasteiger partial charge < -0.3 is 104 Å². The zero-order valence-corrected chi connectivity index (χ0v) is 37.4. The van der Waals surface area contributed by atoms with Crippen LogP contribution in [-0.2, 0) is 42.7 Å². The van der Waals surface area contributed by atoms with Gasteiger partial charge in [0.05, 0.1) is 36.9 Å². The predicted octanol–water partition coefficient (Wildman–Crippen LogP) is -4.09. The third-order valence-electron chi connectivity index (χ3n) is 17.0. The molecule has 0 radical (unpaired) electrons. The molecule has 0 unspecified atom stereocenters. The number of rotatable bonds is 11. The zero-order valence-electron chi connectivity index (χ0n) is 37.4. The van der Waals surface area contributed by atoms with Gasteiger partial charge in [-0.2, -0.15) is 0 Å². The summed E-state index contributed by atoms with van der Waals surface area (Å²) >= 11 is 0. The fraction of sp³-hybridized carbons (Fsp3) is 0.932. The molecule has 0 aromatic rings. The molecular formula is C44H70O22. The van der Waals surface area contributed by atoms with E-state index in [0.717, 1.165) is 12.0 Å². The minimum atomic E-state index is -1.92. The molecule has 4 heterocycles. The molecule has 22 heteroatoms. The lowest BCUT2D eigenvalue weighted by molar-refractivity contribution is -0.398. The lowest BCUT2D eigenvalue weighted by Crippen LogP contribution is -2.67. The number of aliphatic hydroxyl groups excluding tert-OH is 13. The summed E-state index contributed by atoms with van der Waals surface area (Å²) in [6, 6.07) is 0. The number of carbonyl (C=O) groups excluding carboxylic acids is 1. The van der Waals surface area contributed by atoms with Crippen LogP contribution in [-0.4, -0.2) is 221 Å². The Labute approximate surface area is 381 Å². The topological polar surface area (TPSA) is 354 Å². The first kappa shape index (κ1) is 50.8. The van der Waals surface area contributed by atoms with Crippen molar-refractivity contribution in [3.05, 3.63) is 12.2 Å². The second-order valence-electron chi connectivity index (χ2n) is 20.8. The van der Waals surface area contributed by atoms with Gasteiger partial charge in [-0.1, -0.05) is 19.9 Å². The molecule has 2 bridgehead atoms. The standard InChI is InChI=1S/C44H70O22/c1-17-12-43-10-6-22-41(3,8-5-9-42(22,4)40(58)65-38-33(57)30(54)26(50)20(14-46)61-38)23(43)7-11-44(17,16-43)66-39-35(64-36-31(55)28(52)24(48)18(2)59-36)34(27(51)21(15-47)62-39)63-37-32(56)29(53)25(49)19(13-45)60-37/h18-39,45-57H,1,5-16H2,2-4H3/t18-,19-,20+,21-,22+,23+,24-,25-,26+,27-,28+,29+,30+,31-,32-,33+,34+,35-,36+,37+,38+,39+,41+,42+,43-,44+/m0/s1. The second kappa shape index (κ2) is 18.9. The molecule has 378 valence electrons. The minimum Gasteiger partial charge on any atom is -0.432 e. The molecular weight excluding hydrogens is 880 g/mol. The molecule has 66 heavy (non-hydrogen) atoms. The number of esters is 1. The van der Waals surface area contributed by atoms with Crippen LogP contribution in [0.2, 0.25) is 0 Å². The molecule has 22 nitrogen and oxygen atoms in total. The van der Waals surface area contributed by atoms with E-state index in [0.29, 0.717) is 51.4 Å². The number of aliphatic hydroxyl groups is 13. The minimum absolute atomic E-state index is 0.0493. The van der Waals surface area contributed by atoms with E-state index >= 15 is 0 Å². The van der Waals surface area contributed by atoms with E-state index in [9.17, 15) is 71.2 Å². The van der Waals surface area contributed by atoms with Crippen LogP contribution in [0.1, 0.15) is 78.6 Å². The number of ether oxygens (including phenoxy) is 8. The van der Waals surface area contributed by atoms with Crippen LogP contribution in [0.4, 0.5) is 0 Å². The Kier molecular flexibility index (Phi) is 14.5. The van der Waals surface area contributed by atoms with Crippen molar-refractivity contribution in [2.24, 2.45) is 28.1 Å². The zero-order chi connectivity index (χ0) is 48.0. The number of fused-ring (bicyclic) bond motifs is 3. The number of hydrogen-bond acceptors (Lipinski definition) is 22. The van der Waals surface area contributed by atoms with E-state index < -0.39 is 165 Å². The van der Waals surface area contributed by atoms with Crippen LogP contribution in [0, 0.1) is 28.1 Å². The number of carbonyl (C=O) groups is 1. The lowest BCUT2D eigenvalue weighted by atomic mass is 9.41. The quantitative estimate of drug-likeness (QED) is 0.0532. The van der Waals surface area contributed by atoms with Crippen molar-refractivity contribution in [2.75, 3.05) is 19.8 Å². The van der Waals surface area contributed by atoms with Gasteiger partial charge in [-0.25, -0.2) is 0 Å². The van der Waals surface area contributed by atoms with Gasteiger partial charge in [-0.3, -0.25) is 4.79 Å². The summed E-state index contributed by atoms with van der Waals surface area (Å²) in [6.07, 6.45) is -27.4. The predicted molar refractivity (Wildman–Crippen MR) is 218 cm³/mol. The molecule has 13 N–H and O–H groups in total. The van der Waals surface area contributed by atoms with Gasteiger partial charge >= 0.3 is 5.97 Å². The van der Waals surface area contributed by atoms with Gasteiger partial charge in [0.1, 0.15) is 91.6 Å². The summed E-state index contributed by atoms with van der Waals surface area (Å²) in [6.45, 7) is 7.77. The second-order valence-corrected chi connectivity index (χ2v) is 20.8. The van der Waals surface area contributed by atoms with Crippen LogP contribution in [0.5, 0.6) is 0 Å². The Morgan fingerprint density at radius 1 is 0.606 bits per heavy atom. The molecule has 4 saturated carbocycles. The van der Waals surface area contributed by atoms with E-state index in [4.69, 9.17) is 37.9 Å². The molecule has 8 aliphatic rings. The maximum absolute atomic E-state index is 14.3. The maximum Gasteiger partial charge on any atom is 0.314 e. The molecule has 26 atom stereocenters. The maximum atomic E-state index is 14.3. The van der Waals surface area contributed by atoms with Crippen molar-refractivity contribution in [3.8, 4) is 0 Å². The average Bonchev–Trinajstić information content (AvgIpc) is 3.48. The lowest BCUT2D eigenvalue weighted by Gasteiger charge is -2.64. The normalized spacial score (nSPS) is 55.2. The SMILES string of the molecule is C=C1C[C@]23CC[C@@H]4[C@@](C)(CCC[C@@]4(C)C(=O)O[C@H]4O[C@H](CO)[C@@H](O)[C@@H](O)[C@H]4O)[C@H]2CC[C@@]1(O[C@H]1O[C@@H](CO)[C@H](O)[C@@H](O[C@H]2O[C@@H](CO)[C@H](O)[C@@H](O)[C@@H]2O)[C@@H]1O[C@H]1O[C@@H](C)[C@H](O)[C@@H](O)[C@@H]1O)C3. The molecule has 4 saturated heterocycles. The van der Waals surface area contributed by atoms with Crippen LogP contribution in [0.25, 0.3) is 0 Å². The van der Waals surface area contributed by atoms with Crippen molar-refractivity contribution >= 4 is 5.97 Å². The molecule has 0 amide bonds. The first-order chi connectivity index (χ1) is 31.1. The van der Waals surface area contributed by atoms with Crippen molar-refractivity contribution < 1.29 is 109 Å². The Bertz CT molecular complexity index is 1740. The third-order valence-corrected chi connectivity index (χ3v) is 17.0. The summed E-state index contributed by atoms with van der Waals surface area (Å²) in [5.41, 5.74) is -2.19. The Morgan fingerprint density at radius 2 is 1.12 bits per heavy atom. The van der Waals surface area contributed by atoms with Crippen LogP contribution >= 0.6 is 0 Å². The van der Waals surface area contributed by atoms with E-state index in [-0.39, 0.29) is 17.3 Å².